The molecule has 230 valence electrons. The lowest BCUT2D eigenvalue weighted by atomic mass is 9.96. The predicted molar refractivity (Wildman–Crippen MR) is 142 cm³/mol. The van der Waals surface area contributed by atoms with E-state index in [9.17, 15) is 43.9 Å². The molecule has 1 aromatic carbocycles. The fraction of sp³-hybridized carbons (Fsp3) is 0.480. The number of pyridine rings is 1. The Morgan fingerprint density at radius 2 is 1.79 bits per heavy atom. The Morgan fingerprint density at radius 3 is 2.38 bits per heavy atom. The number of sulfonamides is 1. The molecular weight excluding hydrogens is 597 g/mol. The number of nitrogens with one attached hydrogen (secondary N) is 3. The Labute approximate surface area is 235 Å². The minimum Gasteiger partial charge on any atom is -0.350 e. The van der Waals surface area contributed by atoms with Crippen molar-refractivity contribution < 1.29 is 39.2 Å². The van der Waals surface area contributed by atoms with Crippen LogP contribution >= 0.6 is 0 Å². The van der Waals surface area contributed by atoms with E-state index in [2.05, 4.69) is 20.6 Å². The molecule has 0 aliphatic carbocycles. The normalized spacial score (nSPS) is 18.2. The average molecular weight is 625 g/mol. The number of hydrogen-bond acceptors (Lipinski definition) is 7. The van der Waals surface area contributed by atoms with E-state index in [1.54, 1.807) is 13.8 Å². The molecule has 9 nitrogen and oxygen atoms in total. The van der Waals surface area contributed by atoms with Gasteiger partial charge in [0.2, 0.25) is 22.4 Å². The Balaban J connectivity index is 1.68. The van der Waals surface area contributed by atoms with Gasteiger partial charge in [0, 0.05) is 48.2 Å². The van der Waals surface area contributed by atoms with Crippen LogP contribution in [-0.2, 0) is 10.0 Å². The van der Waals surface area contributed by atoms with Crippen molar-refractivity contribution in [2.45, 2.75) is 51.4 Å². The molecule has 3 heterocycles. The van der Waals surface area contributed by atoms with Gasteiger partial charge in [0.25, 0.3) is 5.56 Å². The lowest BCUT2D eigenvalue weighted by Crippen LogP contribution is -2.45. The quantitative estimate of drug-likeness (QED) is 0.297. The molecule has 0 spiro atoms. The van der Waals surface area contributed by atoms with E-state index in [0.29, 0.717) is 24.1 Å². The maximum Gasteiger partial charge on any atom is 0.390 e. The van der Waals surface area contributed by atoms with Crippen molar-refractivity contribution in [3.63, 3.8) is 0 Å². The molecule has 3 N–H and O–H groups in total. The molecule has 4 rings (SSSR count). The van der Waals surface area contributed by atoms with E-state index in [1.165, 1.54) is 21.6 Å². The monoisotopic (exact) mass is 624 g/mol. The zero-order chi connectivity index (χ0) is 31.0. The summed E-state index contributed by atoms with van der Waals surface area (Å²) in [5.74, 6) is -5.10. The van der Waals surface area contributed by atoms with Gasteiger partial charge in [-0.3, -0.25) is 14.1 Å². The Kier molecular flexibility index (Phi) is 9.01. The van der Waals surface area contributed by atoms with Crippen LogP contribution in [0.1, 0.15) is 32.7 Å². The third-order valence-electron chi connectivity index (χ3n) is 6.63. The first kappa shape index (κ1) is 31.5. The van der Waals surface area contributed by atoms with Crippen molar-refractivity contribution in [2.75, 3.05) is 28.9 Å². The minimum atomic E-state index is -4.80. The van der Waals surface area contributed by atoms with Crippen molar-refractivity contribution in [1.82, 2.24) is 19.9 Å². The summed E-state index contributed by atoms with van der Waals surface area (Å²) in [4.78, 5) is 22.1. The first-order valence-corrected chi connectivity index (χ1v) is 14.4. The van der Waals surface area contributed by atoms with Crippen molar-refractivity contribution in [3.05, 3.63) is 46.4 Å². The summed E-state index contributed by atoms with van der Waals surface area (Å²) in [6.07, 6.45) is -7.49. The molecule has 1 saturated heterocycles. The fourth-order valence-electron chi connectivity index (χ4n) is 4.62. The topological polar surface area (TPSA) is 118 Å². The van der Waals surface area contributed by atoms with Crippen molar-refractivity contribution in [1.29, 1.82) is 0 Å². The lowest BCUT2D eigenvalue weighted by Gasteiger charge is -2.30. The molecule has 1 unspecified atom stereocenters. The van der Waals surface area contributed by atoms with E-state index in [0.717, 1.165) is 0 Å². The van der Waals surface area contributed by atoms with Gasteiger partial charge in [-0.15, -0.1) is 0 Å². The molecule has 2 atom stereocenters. The second-order valence-corrected chi connectivity index (χ2v) is 12.1. The summed E-state index contributed by atoms with van der Waals surface area (Å²) in [6, 6.07) is 1.76. The number of fused-ring (bicyclic) bond motifs is 1. The third-order valence-corrected chi connectivity index (χ3v) is 7.89. The highest BCUT2D eigenvalue weighted by molar-refractivity contribution is 7.92. The molecule has 0 saturated carbocycles. The number of benzene rings is 1. The summed E-state index contributed by atoms with van der Waals surface area (Å²) < 4.78 is 120. The highest BCUT2D eigenvalue weighted by Gasteiger charge is 2.31. The maximum absolute atomic E-state index is 14.9. The number of anilines is 2. The van der Waals surface area contributed by atoms with Crippen LogP contribution in [0.25, 0.3) is 22.2 Å². The average Bonchev–Trinajstić information content (AvgIpc) is 2.89. The summed E-state index contributed by atoms with van der Waals surface area (Å²) in [6.45, 7) is 3.90. The predicted octanol–water partition coefficient (Wildman–Crippen LogP) is 4.67. The number of aromatic nitrogens is 3. The molecule has 1 aliphatic heterocycles. The smallest absolute Gasteiger partial charge is 0.350 e. The third kappa shape index (κ3) is 7.29. The molecule has 0 bridgehead atoms. The Bertz CT molecular complexity index is 1610. The van der Waals surface area contributed by atoms with Crippen LogP contribution in [0.3, 0.4) is 0 Å². The first-order valence-electron chi connectivity index (χ1n) is 12.8. The molecular formula is C25H27F7N6O3S. The summed E-state index contributed by atoms with van der Waals surface area (Å²) in [5, 5.41) is 6.22. The second kappa shape index (κ2) is 12.0. The minimum absolute atomic E-state index is 0.0880. The van der Waals surface area contributed by atoms with Gasteiger partial charge in [-0.25, -0.2) is 31.0 Å². The Morgan fingerprint density at radius 1 is 1.12 bits per heavy atom. The van der Waals surface area contributed by atoms with Crippen LogP contribution in [0.2, 0.25) is 0 Å². The van der Waals surface area contributed by atoms with Crippen LogP contribution in [0, 0.1) is 17.6 Å². The van der Waals surface area contributed by atoms with E-state index < -0.39 is 75.7 Å². The van der Waals surface area contributed by atoms with E-state index in [-0.39, 0.29) is 35.7 Å². The molecule has 2 aromatic heterocycles. The van der Waals surface area contributed by atoms with Gasteiger partial charge in [0.15, 0.2) is 11.6 Å². The maximum atomic E-state index is 14.9. The van der Waals surface area contributed by atoms with Gasteiger partial charge in [-0.1, -0.05) is 0 Å². The van der Waals surface area contributed by atoms with Gasteiger partial charge < -0.3 is 10.6 Å². The number of nitrogens with zero attached hydrogens (tertiary/aromatic N) is 3. The highest BCUT2D eigenvalue weighted by atomic mass is 32.2. The van der Waals surface area contributed by atoms with Crippen molar-refractivity contribution in [3.8, 4) is 11.1 Å². The number of hydrogen-bond donors (Lipinski definition) is 3. The highest BCUT2D eigenvalue weighted by Crippen LogP contribution is 2.30. The van der Waals surface area contributed by atoms with E-state index in [4.69, 9.17) is 0 Å². The number of halogens is 7. The lowest BCUT2D eigenvalue weighted by molar-refractivity contribution is -0.129. The first-order chi connectivity index (χ1) is 19.5. The van der Waals surface area contributed by atoms with Crippen LogP contribution < -0.4 is 20.9 Å². The van der Waals surface area contributed by atoms with Crippen LogP contribution in [-0.4, -0.2) is 60.4 Å². The fourth-order valence-corrected chi connectivity index (χ4v) is 5.73. The SMILES string of the molecule is CC(C)n1c(=O)c(-c2cc(F)c(NS(=O)(=O)CCC(F)(F)F)c(F)c2)cc2cnc(N[C@@H]3CNCC(C(F)F)C3)nc21. The van der Waals surface area contributed by atoms with Gasteiger partial charge >= 0.3 is 6.18 Å². The molecule has 3 aromatic rings. The largest absolute Gasteiger partial charge is 0.390 e. The van der Waals surface area contributed by atoms with Gasteiger partial charge in [-0.2, -0.15) is 18.2 Å². The molecule has 17 heteroatoms. The van der Waals surface area contributed by atoms with Crippen molar-refractivity contribution >= 4 is 32.7 Å². The zero-order valence-electron chi connectivity index (χ0n) is 22.3. The van der Waals surface area contributed by atoms with E-state index in [1.807, 2.05) is 0 Å². The molecule has 0 radical (unpaired) electrons. The Hall–Kier alpha value is -3.47. The second-order valence-electron chi connectivity index (χ2n) is 10.2. The van der Waals surface area contributed by atoms with E-state index >= 15 is 0 Å². The van der Waals surface area contributed by atoms with Gasteiger partial charge in [0.1, 0.15) is 11.3 Å². The number of alkyl halides is 5. The standard InChI is InChI=1S/C25H27F7N6O3S/c1-12(2)38-22-15(10-34-24(36-22)35-16-5-14(21(28)29)9-33-11-16)6-17(23(38)39)13-7-18(26)20(19(27)8-13)37-42(40,41)4-3-25(30,31)32/h6-8,10,12,14,16,21,33,37H,3-5,9,11H2,1-2H3,(H,34,35,36)/t14?,16-/m0/s1. The summed E-state index contributed by atoms with van der Waals surface area (Å²) in [7, 11) is -4.75. The van der Waals surface area contributed by atoms with Crippen molar-refractivity contribution in [2.24, 2.45) is 5.92 Å². The van der Waals surface area contributed by atoms with Gasteiger partial charge in [0.05, 0.1) is 12.2 Å². The molecule has 1 aliphatic rings. The molecule has 1 fully saturated rings. The molecule has 0 amide bonds. The van der Waals surface area contributed by atoms with Crippen LogP contribution in [0.15, 0.2) is 29.2 Å². The summed E-state index contributed by atoms with van der Waals surface area (Å²) >= 11 is 0. The number of rotatable bonds is 9. The number of piperidine rings is 1. The van der Waals surface area contributed by atoms with Crippen LogP contribution in [0.4, 0.5) is 42.4 Å². The zero-order valence-corrected chi connectivity index (χ0v) is 23.1. The van der Waals surface area contributed by atoms with Gasteiger partial charge in [-0.05, 0) is 44.0 Å². The van der Waals surface area contributed by atoms with Crippen LogP contribution in [0.5, 0.6) is 0 Å². The summed E-state index contributed by atoms with van der Waals surface area (Å²) in [5.41, 5.74) is -2.16. The molecule has 42 heavy (non-hydrogen) atoms.